The van der Waals surface area contributed by atoms with Crippen molar-refractivity contribution in [3.63, 3.8) is 0 Å². The molecule has 0 N–H and O–H groups in total. The van der Waals surface area contributed by atoms with Gasteiger partial charge in [-0.3, -0.25) is 4.79 Å². The molecule has 0 unspecified atom stereocenters. The molecule has 0 radical (unpaired) electrons. The summed E-state index contributed by atoms with van der Waals surface area (Å²) in [5.41, 5.74) is 0.563. The van der Waals surface area contributed by atoms with Crippen molar-refractivity contribution in [1.82, 2.24) is 0 Å². The van der Waals surface area contributed by atoms with Crippen LogP contribution in [0, 0.1) is 34.0 Å². The van der Waals surface area contributed by atoms with Crippen LogP contribution in [0.25, 0.3) is 0 Å². The van der Waals surface area contributed by atoms with Gasteiger partial charge in [0.05, 0.1) is 0 Å². The molecule has 0 atom stereocenters. The Morgan fingerprint density at radius 3 is 1.71 bits per heavy atom. The zero-order chi connectivity index (χ0) is 15.5. The fourth-order valence-electron chi connectivity index (χ4n) is 6.57. The highest BCUT2D eigenvalue weighted by atomic mass is 16.1. The molecule has 4 rings (SSSR count). The van der Waals surface area contributed by atoms with E-state index in [1.165, 1.54) is 38.5 Å². The summed E-state index contributed by atoms with van der Waals surface area (Å²) >= 11 is 0. The van der Waals surface area contributed by atoms with Gasteiger partial charge in [-0.1, -0.05) is 34.6 Å². The van der Waals surface area contributed by atoms with E-state index in [2.05, 4.69) is 34.6 Å². The summed E-state index contributed by atoms with van der Waals surface area (Å²) < 4.78 is 0. The maximum atomic E-state index is 13.2. The van der Waals surface area contributed by atoms with Crippen molar-refractivity contribution in [2.45, 2.75) is 86.0 Å². The third-order valence-corrected chi connectivity index (χ3v) is 6.28. The van der Waals surface area contributed by atoms with Gasteiger partial charge < -0.3 is 0 Å². The van der Waals surface area contributed by atoms with Gasteiger partial charge in [-0.05, 0) is 73.5 Å². The molecule has 21 heavy (non-hydrogen) atoms. The van der Waals surface area contributed by atoms with Crippen molar-refractivity contribution >= 4 is 5.78 Å². The lowest BCUT2D eigenvalue weighted by molar-refractivity contribution is -0.146. The van der Waals surface area contributed by atoms with Gasteiger partial charge >= 0.3 is 0 Å². The Hall–Kier alpha value is -0.330. The number of rotatable bonds is 4. The molecule has 0 amide bonds. The summed E-state index contributed by atoms with van der Waals surface area (Å²) in [5, 5.41) is 0. The zero-order valence-corrected chi connectivity index (χ0v) is 14.8. The first-order valence-corrected chi connectivity index (χ1v) is 9.10. The van der Waals surface area contributed by atoms with Crippen LogP contribution in [0.3, 0.4) is 0 Å². The van der Waals surface area contributed by atoms with Crippen LogP contribution in [0.5, 0.6) is 0 Å². The van der Waals surface area contributed by atoms with E-state index < -0.39 is 0 Å². The maximum Gasteiger partial charge on any atom is 0.139 e. The minimum Gasteiger partial charge on any atom is -0.299 e. The predicted octanol–water partition coefficient (Wildman–Crippen LogP) is 5.62. The van der Waals surface area contributed by atoms with Crippen LogP contribution in [-0.4, -0.2) is 5.78 Å². The highest BCUT2D eigenvalue weighted by molar-refractivity contribution is 5.85. The first-order valence-electron chi connectivity index (χ1n) is 9.10. The number of carbonyl (C=O) groups excluding carboxylic acids is 1. The second-order valence-electron chi connectivity index (χ2n) is 10.7. The van der Waals surface area contributed by atoms with E-state index in [-0.39, 0.29) is 10.8 Å². The monoisotopic (exact) mass is 290 g/mol. The molecule has 1 nitrogen and oxygen atoms in total. The van der Waals surface area contributed by atoms with Gasteiger partial charge in [0.2, 0.25) is 0 Å². The zero-order valence-electron chi connectivity index (χ0n) is 14.8. The average molecular weight is 290 g/mol. The minimum absolute atomic E-state index is 0.101. The first kappa shape index (κ1) is 15.6. The topological polar surface area (TPSA) is 17.1 Å². The molecule has 0 spiro atoms. The normalized spacial score (nSPS) is 38.8. The van der Waals surface area contributed by atoms with E-state index in [4.69, 9.17) is 0 Å². The Morgan fingerprint density at radius 2 is 1.33 bits per heavy atom. The van der Waals surface area contributed by atoms with Crippen LogP contribution in [-0.2, 0) is 4.79 Å². The standard InChI is InChI=1S/C20H34O/c1-18(2,3)13-19(4,5)12-17(21)20-9-14-6-15(10-20)8-16(7-14)11-20/h14-16H,6-13H2,1-5H3. The third kappa shape index (κ3) is 3.22. The van der Waals surface area contributed by atoms with Gasteiger partial charge in [0, 0.05) is 11.8 Å². The number of ketones is 1. The molecule has 120 valence electrons. The van der Waals surface area contributed by atoms with Crippen LogP contribution < -0.4 is 0 Å². The number of hydrogen-bond acceptors (Lipinski definition) is 1. The first-order chi connectivity index (χ1) is 9.57. The van der Waals surface area contributed by atoms with Gasteiger partial charge in [-0.25, -0.2) is 0 Å². The van der Waals surface area contributed by atoms with E-state index in [0.29, 0.717) is 11.2 Å². The lowest BCUT2D eigenvalue weighted by atomic mass is 9.48. The highest BCUT2D eigenvalue weighted by Gasteiger charge is 2.54. The Balaban J connectivity index is 1.71. The van der Waals surface area contributed by atoms with Crippen molar-refractivity contribution in [1.29, 1.82) is 0 Å². The largest absolute Gasteiger partial charge is 0.299 e. The summed E-state index contributed by atoms with van der Waals surface area (Å²) in [5.74, 6) is 3.26. The Kier molecular flexibility index (Phi) is 3.58. The van der Waals surface area contributed by atoms with Gasteiger partial charge in [0.15, 0.2) is 0 Å². The molecule has 4 bridgehead atoms. The fourth-order valence-corrected chi connectivity index (χ4v) is 6.57. The SMILES string of the molecule is CC(C)(C)CC(C)(C)CC(=O)C12CC3CC(CC(C3)C1)C2. The average Bonchev–Trinajstić information content (AvgIpc) is 2.22. The molecule has 0 aromatic carbocycles. The number of Topliss-reactive ketones (excluding diaryl/α,β-unsaturated/α-hetero) is 1. The third-order valence-electron chi connectivity index (χ3n) is 6.28. The molecule has 0 heterocycles. The van der Waals surface area contributed by atoms with E-state index in [1.54, 1.807) is 0 Å². The Labute approximate surface area is 131 Å². The molecule has 4 fully saturated rings. The molecule has 0 aliphatic heterocycles. The van der Waals surface area contributed by atoms with E-state index >= 15 is 0 Å². The van der Waals surface area contributed by atoms with Crippen LogP contribution >= 0.6 is 0 Å². The Bertz CT molecular complexity index is 388. The van der Waals surface area contributed by atoms with E-state index in [0.717, 1.165) is 30.6 Å². The lowest BCUT2D eigenvalue weighted by Crippen LogP contribution is -2.50. The molecule has 4 saturated carbocycles. The fraction of sp³-hybridized carbons (Fsp3) is 0.950. The van der Waals surface area contributed by atoms with Gasteiger partial charge in [-0.2, -0.15) is 0 Å². The minimum atomic E-state index is 0.101. The van der Waals surface area contributed by atoms with Crippen molar-refractivity contribution in [3.05, 3.63) is 0 Å². The molecule has 0 aromatic rings. The van der Waals surface area contributed by atoms with E-state index in [1.807, 2.05) is 0 Å². The van der Waals surface area contributed by atoms with Crippen LogP contribution in [0.1, 0.15) is 86.0 Å². The number of carbonyl (C=O) groups is 1. The molecular formula is C20H34O. The highest BCUT2D eigenvalue weighted by Crippen LogP contribution is 2.61. The maximum absolute atomic E-state index is 13.2. The van der Waals surface area contributed by atoms with Crippen LogP contribution in [0.15, 0.2) is 0 Å². The predicted molar refractivity (Wildman–Crippen MR) is 88.1 cm³/mol. The summed E-state index contributed by atoms with van der Waals surface area (Å²) in [6.07, 6.45) is 9.90. The second kappa shape index (κ2) is 4.83. The summed E-state index contributed by atoms with van der Waals surface area (Å²) in [6.45, 7) is 11.5. The smallest absolute Gasteiger partial charge is 0.139 e. The van der Waals surface area contributed by atoms with Crippen molar-refractivity contribution in [3.8, 4) is 0 Å². The second-order valence-corrected chi connectivity index (χ2v) is 10.7. The summed E-state index contributed by atoms with van der Waals surface area (Å²) in [6, 6.07) is 0. The van der Waals surface area contributed by atoms with E-state index in [9.17, 15) is 4.79 Å². The van der Waals surface area contributed by atoms with Gasteiger partial charge in [-0.15, -0.1) is 0 Å². The van der Waals surface area contributed by atoms with Crippen molar-refractivity contribution in [2.75, 3.05) is 0 Å². The lowest BCUT2D eigenvalue weighted by Gasteiger charge is -2.56. The molecule has 1 heteroatoms. The van der Waals surface area contributed by atoms with Crippen LogP contribution in [0.4, 0.5) is 0 Å². The Morgan fingerprint density at radius 1 is 0.905 bits per heavy atom. The summed E-state index contributed by atoms with van der Waals surface area (Å²) in [7, 11) is 0. The van der Waals surface area contributed by atoms with Gasteiger partial charge in [0.1, 0.15) is 5.78 Å². The quantitative estimate of drug-likeness (QED) is 0.656. The molecule has 0 saturated heterocycles. The van der Waals surface area contributed by atoms with Gasteiger partial charge in [0.25, 0.3) is 0 Å². The molecule has 4 aliphatic carbocycles. The molecular weight excluding hydrogens is 256 g/mol. The summed E-state index contributed by atoms with van der Waals surface area (Å²) in [4.78, 5) is 13.2. The molecule has 0 aromatic heterocycles. The van der Waals surface area contributed by atoms with Crippen molar-refractivity contribution in [2.24, 2.45) is 34.0 Å². The van der Waals surface area contributed by atoms with Crippen molar-refractivity contribution < 1.29 is 4.79 Å². The molecule has 4 aliphatic rings. The number of hydrogen-bond donors (Lipinski definition) is 0. The van der Waals surface area contributed by atoms with Crippen LogP contribution in [0.2, 0.25) is 0 Å².